The van der Waals surface area contributed by atoms with Crippen LogP contribution in [0, 0.1) is 5.92 Å². The molecular formula is C23H34Cl2O2S. The first-order valence-electron chi connectivity index (χ1n) is 10.1. The number of halogens is 2. The molecule has 0 radical (unpaired) electrons. The second-order valence-corrected chi connectivity index (χ2v) is 10.5. The van der Waals surface area contributed by atoms with Gasteiger partial charge in [0.1, 0.15) is 0 Å². The van der Waals surface area contributed by atoms with Crippen LogP contribution in [0.2, 0.25) is 5.02 Å². The van der Waals surface area contributed by atoms with E-state index in [1.807, 2.05) is 38.1 Å². The average molecular weight is 445 g/mol. The number of ether oxygens (including phenoxy) is 1. The van der Waals surface area contributed by atoms with Crippen LogP contribution in [0.5, 0.6) is 0 Å². The third-order valence-electron chi connectivity index (χ3n) is 4.66. The molecule has 0 heterocycles. The lowest BCUT2D eigenvalue weighted by atomic mass is 9.93. The second-order valence-electron chi connectivity index (χ2n) is 7.91. The summed E-state index contributed by atoms with van der Waals surface area (Å²) in [4.78, 5) is 12.5. The van der Waals surface area contributed by atoms with Gasteiger partial charge in [0.2, 0.25) is 0 Å². The fraction of sp³-hybridized carbons (Fsp3) is 0.609. The zero-order valence-electron chi connectivity index (χ0n) is 17.8. The highest BCUT2D eigenvalue weighted by Crippen LogP contribution is 2.41. The minimum Gasteiger partial charge on any atom is -0.463 e. The molecule has 0 spiro atoms. The molecule has 0 aliphatic carbocycles. The van der Waals surface area contributed by atoms with Crippen molar-refractivity contribution in [2.75, 3.05) is 6.61 Å². The Morgan fingerprint density at radius 2 is 1.89 bits per heavy atom. The molecule has 2 nitrogen and oxygen atoms in total. The molecule has 158 valence electrons. The Hall–Kier alpha value is -0.640. The molecule has 2 atom stereocenters. The topological polar surface area (TPSA) is 26.3 Å². The van der Waals surface area contributed by atoms with Gasteiger partial charge < -0.3 is 4.74 Å². The van der Waals surface area contributed by atoms with E-state index in [1.165, 1.54) is 6.42 Å². The quantitative estimate of drug-likeness (QED) is 0.141. The van der Waals surface area contributed by atoms with Crippen LogP contribution in [0.3, 0.4) is 0 Å². The van der Waals surface area contributed by atoms with Crippen LogP contribution in [-0.4, -0.2) is 22.7 Å². The Morgan fingerprint density at radius 1 is 1.25 bits per heavy atom. The number of hydrogen-bond acceptors (Lipinski definition) is 3. The van der Waals surface area contributed by atoms with Crippen LogP contribution in [0.4, 0.5) is 0 Å². The first-order valence-corrected chi connectivity index (χ1v) is 11.7. The van der Waals surface area contributed by atoms with Gasteiger partial charge in [-0.3, -0.25) is 0 Å². The van der Waals surface area contributed by atoms with Gasteiger partial charge >= 0.3 is 5.97 Å². The van der Waals surface area contributed by atoms with Gasteiger partial charge in [0.25, 0.3) is 0 Å². The Balaban J connectivity index is 2.84. The standard InChI is InChI=1S/C23H34Cl2O2S/c1-6-27-22(26)16-18(4)9-14-21(23(5,25)15-7-8-17(2)3)28-20-12-10-19(24)11-13-20/h10-13,16-17,21H,6-9,14-15H2,1-5H3/b18-16+. The third kappa shape index (κ3) is 10.2. The van der Waals surface area contributed by atoms with E-state index in [4.69, 9.17) is 27.9 Å². The fourth-order valence-corrected chi connectivity index (χ4v) is 4.72. The third-order valence-corrected chi connectivity index (χ3v) is 7.08. The summed E-state index contributed by atoms with van der Waals surface area (Å²) < 4.78 is 5.01. The maximum atomic E-state index is 11.7. The monoisotopic (exact) mass is 444 g/mol. The van der Waals surface area contributed by atoms with Crippen molar-refractivity contribution in [3.8, 4) is 0 Å². The Labute approximate surface area is 185 Å². The Bertz CT molecular complexity index is 624. The first-order chi connectivity index (χ1) is 13.1. The maximum absolute atomic E-state index is 11.7. The molecule has 0 amide bonds. The van der Waals surface area contributed by atoms with Gasteiger partial charge in [-0.1, -0.05) is 43.9 Å². The van der Waals surface area contributed by atoms with Crippen molar-refractivity contribution in [1.82, 2.24) is 0 Å². The van der Waals surface area contributed by atoms with Crippen LogP contribution in [0.15, 0.2) is 40.8 Å². The van der Waals surface area contributed by atoms with E-state index >= 15 is 0 Å². The zero-order valence-corrected chi connectivity index (χ0v) is 20.1. The molecular weight excluding hydrogens is 411 g/mol. The lowest BCUT2D eigenvalue weighted by molar-refractivity contribution is -0.137. The first kappa shape index (κ1) is 25.4. The van der Waals surface area contributed by atoms with Crippen LogP contribution < -0.4 is 0 Å². The summed E-state index contributed by atoms with van der Waals surface area (Å²) >= 11 is 14.9. The van der Waals surface area contributed by atoms with Crippen molar-refractivity contribution >= 4 is 40.9 Å². The number of hydrogen-bond donors (Lipinski definition) is 0. The normalized spacial score (nSPS) is 15.4. The van der Waals surface area contributed by atoms with Gasteiger partial charge in [-0.05, 0) is 70.2 Å². The lowest BCUT2D eigenvalue weighted by Crippen LogP contribution is -2.31. The molecule has 2 unspecified atom stereocenters. The molecule has 0 bridgehead atoms. The average Bonchev–Trinajstić information content (AvgIpc) is 2.59. The number of benzene rings is 1. The molecule has 0 aromatic heterocycles. The second kappa shape index (κ2) is 12.8. The summed E-state index contributed by atoms with van der Waals surface area (Å²) in [5.41, 5.74) is 1.02. The van der Waals surface area contributed by atoms with E-state index in [2.05, 4.69) is 20.8 Å². The highest BCUT2D eigenvalue weighted by Gasteiger charge is 2.32. The predicted molar refractivity (Wildman–Crippen MR) is 124 cm³/mol. The minimum absolute atomic E-state index is 0.230. The number of esters is 1. The summed E-state index contributed by atoms with van der Waals surface area (Å²) in [6, 6.07) is 7.92. The van der Waals surface area contributed by atoms with Gasteiger partial charge in [-0.2, -0.15) is 0 Å². The van der Waals surface area contributed by atoms with Crippen molar-refractivity contribution < 1.29 is 9.53 Å². The molecule has 0 aliphatic heterocycles. The fourth-order valence-electron chi connectivity index (χ4n) is 2.99. The number of alkyl halides is 1. The molecule has 1 aromatic rings. The smallest absolute Gasteiger partial charge is 0.330 e. The summed E-state index contributed by atoms with van der Waals surface area (Å²) in [6.07, 6.45) is 6.58. The Morgan fingerprint density at radius 3 is 2.46 bits per heavy atom. The molecule has 0 aliphatic rings. The van der Waals surface area contributed by atoms with Crippen molar-refractivity contribution in [3.05, 3.63) is 40.9 Å². The molecule has 1 aromatic carbocycles. The molecule has 28 heavy (non-hydrogen) atoms. The number of rotatable bonds is 12. The Kier molecular flexibility index (Phi) is 11.6. The lowest BCUT2D eigenvalue weighted by Gasteiger charge is -2.32. The van der Waals surface area contributed by atoms with Crippen molar-refractivity contribution in [1.29, 1.82) is 0 Å². The largest absolute Gasteiger partial charge is 0.463 e. The SMILES string of the molecule is CCOC(=O)/C=C(\C)CCC(Sc1ccc(Cl)cc1)C(C)(Cl)CCCC(C)C. The van der Waals surface area contributed by atoms with Crippen molar-refractivity contribution in [2.24, 2.45) is 5.92 Å². The van der Waals surface area contributed by atoms with E-state index in [0.717, 1.165) is 41.2 Å². The van der Waals surface area contributed by atoms with E-state index < -0.39 is 0 Å². The van der Waals surface area contributed by atoms with Crippen LogP contribution in [-0.2, 0) is 9.53 Å². The van der Waals surface area contributed by atoms with E-state index in [-0.39, 0.29) is 16.1 Å². The molecule has 1 rings (SSSR count). The molecule has 0 fully saturated rings. The highest BCUT2D eigenvalue weighted by molar-refractivity contribution is 8.00. The van der Waals surface area contributed by atoms with Crippen molar-refractivity contribution in [3.63, 3.8) is 0 Å². The summed E-state index contributed by atoms with van der Waals surface area (Å²) in [5.74, 6) is 0.414. The van der Waals surface area contributed by atoms with Gasteiger partial charge in [-0.25, -0.2) is 4.79 Å². The molecule has 0 saturated heterocycles. The summed E-state index contributed by atoms with van der Waals surface area (Å²) in [7, 11) is 0. The van der Waals surface area contributed by atoms with E-state index in [0.29, 0.717) is 12.5 Å². The minimum atomic E-state index is -0.316. The molecule has 0 N–H and O–H groups in total. The maximum Gasteiger partial charge on any atom is 0.330 e. The number of allylic oxidation sites excluding steroid dienone is 1. The van der Waals surface area contributed by atoms with E-state index in [9.17, 15) is 4.79 Å². The predicted octanol–water partition coefficient (Wildman–Crippen LogP) is 7.91. The number of carbonyl (C=O) groups is 1. The molecule has 0 saturated carbocycles. The zero-order chi connectivity index (χ0) is 21.2. The van der Waals surface area contributed by atoms with Crippen LogP contribution >= 0.6 is 35.0 Å². The van der Waals surface area contributed by atoms with Gasteiger partial charge in [0, 0.05) is 21.2 Å². The van der Waals surface area contributed by atoms with Gasteiger partial charge in [0.05, 0.1) is 11.5 Å². The highest BCUT2D eigenvalue weighted by atomic mass is 35.5. The van der Waals surface area contributed by atoms with Gasteiger partial charge in [0.15, 0.2) is 0 Å². The van der Waals surface area contributed by atoms with Gasteiger partial charge in [-0.15, -0.1) is 23.4 Å². The summed E-state index contributed by atoms with van der Waals surface area (Å²) in [6.45, 7) is 10.8. The van der Waals surface area contributed by atoms with E-state index in [1.54, 1.807) is 17.8 Å². The van der Waals surface area contributed by atoms with Crippen molar-refractivity contribution in [2.45, 2.75) is 81.7 Å². The summed E-state index contributed by atoms with van der Waals surface area (Å²) in [5, 5.41) is 0.965. The molecule has 5 heteroatoms. The number of carbonyl (C=O) groups excluding carboxylic acids is 1. The van der Waals surface area contributed by atoms with Crippen LogP contribution in [0.1, 0.15) is 66.7 Å². The number of thioether (sulfide) groups is 1. The van der Waals surface area contributed by atoms with Crippen LogP contribution in [0.25, 0.3) is 0 Å².